The van der Waals surface area contributed by atoms with Crippen LogP contribution < -0.4 is 5.32 Å². The molecule has 1 saturated carbocycles. The molecule has 0 heterocycles. The smallest absolute Gasteiger partial charge is 0.252 e. The minimum Gasteiger partial charge on any atom is -0.388 e. The molecule has 0 aromatic heterocycles. The van der Waals surface area contributed by atoms with Gasteiger partial charge in [0.25, 0.3) is 5.91 Å². The second-order valence-corrected chi connectivity index (χ2v) is 6.23. The largest absolute Gasteiger partial charge is 0.388 e. The van der Waals surface area contributed by atoms with Crippen molar-refractivity contribution in [2.45, 2.75) is 57.3 Å². The summed E-state index contributed by atoms with van der Waals surface area (Å²) >= 11 is 0. The van der Waals surface area contributed by atoms with Crippen LogP contribution in [0.15, 0.2) is 12.1 Å². The molecule has 0 aliphatic heterocycles. The van der Waals surface area contributed by atoms with Gasteiger partial charge in [0.2, 0.25) is 0 Å². The van der Waals surface area contributed by atoms with E-state index < -0.39 is 42.5 Å². The zero-order valence-corrected chi connectivity index (χ0v) is 13.3. The van der Waals surface area contributed by atoms with E-state index in [1.165, 1.54) is 0 Å². The van der Waals surface area contributed by atoms with Crippen LogP contribution in [0.4, 0.5) is 0 Å². The third kappa shape index (κ3) is 3.24. The fourth-order valence-electron chi connectivity index (χ4n) is 3.17. The van der Waals surface area contributed by atoms with Gasteiger partial charge in [-0.05, 0) is 31.9 Å². The molecule has 7 heteroatoms. The van der Waals surface area contributed by atoms with Crippen LogP contribution in [0.25, 0.3) is 0 Å². The van der Waals surface area contributed by atoms with Crippen molar-refractivity contribution in [2.24, 2.45) is 0 Å². The van der Waals surface area contributed by atoms with Gasteiger partial charge in [-0.3, -0.25) is 4.79 Å². The maximum absolute atomic E-state index is 12.5. The predicted molar refractivity (Wildman–Crippen MR) is 81.9 cm³/mol. The third-order valence-electron chi connectivity index (χ3n) is 4.34. The van der Waals surface area contributed by atoms with E-state index in [1.807, 2.05) is 19.1 Å². The van der Waals surface area contributed by atoms with Gasteiger partial charge in [-0.25, -0.2) is 0 Å². The summed E-state index contributed by atoms with van der Waals surface area (Å²) in [4.78, 5) is 12.5. The van der Waals surface area contributed by atoms with E-state index in [2.05, 4.69) is 5.32 Å². The fourth-order valence-corrected chi connectivity index (χ4v) is 3.17. The number of amides is 1. The number of carbonyl (C=O) groups is 1. The van der Waals surface area contributed by atoms with Gasteiger partial charge >= 0.3 is 0 Å². The molecule has 1 aliphatic rings. The van der Waals surface area contributed by atoms with Crippen molar-refractivity contribution in [1.29, 1.82) is 0 Å². The lowest BCUT2D eigenvalue weighted by atomic mass is 9.83. The molecule has 2 unspecified atom stereocenters. The zero-order valence-electron chi connectivity index (χ0n) is 13.3. The Balaban J connectivity index is 2.26. The van der Waals surface area contributed by atoms with Crippen LogP contribution in [0.3, 0.4) is 0 Å². The molecule has 1 aliphatic carbocycles. The number of carbonyl (C=O) groups excluding carboxylic acids is 1. The highest BCUT2D eigenvalue weighted by Gasteiger charge is 2.48. The molecule has 6 N–H and O–H groups in total. The Kier molecular flexibility index (Phi) is 5.07. The van der Waals surface area contributed by atoms with Gasteiger partial charge in [0, 0.05) is 5.56 Å². The molecular weight excluding hydrogens is 302 g/mol. The maximum Gasteiger partial charge on any atom is 0.252 e. The average Bonchev–Trinajstić information content (AvgIpc) is 2.46. The number of benzene rings is 1. The Labute approximate surface area is 134 Å². The van der Waals surface area contributed by atoms with Crippen molar-refractivity contribution < 1.29 is 30.3 Å². The first-order valence-electron chi connectivity index (χ1n) is 7.44. The summed E-state index contributed by atoms with van der Waals surface area (Å²) in [5.41, 5.74) is 2.88. The van der Waals surface area contributed by atoms with Crippen molar-refractivity contribution in [3.8, 4) is 0 Å². The van der Waals surface area contributed by atoms with Crippen LogP contribution in [0.1, 0.15) is 27.0 Å². The van der Waals surface area contributed by atoms with Crippen LogP contribution in [0.2, 0.25) is 0 Å². The van der Waals surface area contributed by atoms with E-state index in [0.717, 1.165) is 16.7 Å². The first kappa shape index (κ1) is 17.8. The number of nitrogens with one attached hydrogen (secondary N) is 1. The van der Waals surface area contributed by atoms with E-state index in [0.29, 0.717) is 5.56 Å². The lowest BCUT2D eigenvalue weighted by Crippen LogP contribution is -2.68. The van der Waals surface area contributed by atoms with Crippen molar-refractivity contribution in [3.05, 3.63) is 34.4 Å². The highest BCUT2D eigenvalue weighted by Crippen LogP contribution is 2.23. The predicted octanol–water partition coefficient (Wildman–Crippen LogP) is -1.47. The normalized spacial score (nSPS) is 34.3. The lowest BCUT2D eigenvalue weighted by molar-refractivity contribution is -0.188. The van der Waals surface area contributed by atoms with Crippen LogP contribution in [-0.4, -0.2) is 68.0 Å². The Bertz CT molecular complexity index is 565. The number of aliphatic hydroxyl groups excluding tert-OH is 5. The van der Waals surface area contributed by atoms with E-state index in [9.17, 15) is 30.3 Å². The van der Waals surface area contributed by atoms with Crippen LogP contribution in [0.5, 0.6) is 0 Å². The van der Waals surface area contributed by atoms with Gasteiger partial charge in [0.05, 0.1) is 6.04 Å². The average molecular weight is 325 g/mol. The molecule has 23 heavy (non-hydrogen) atoms. The van der Waals surface area contributed by atoms with Gasteiger partial charge in [0.1, 0.15) is 30.5 Å². The van der Waals surface area contributed by atoms with Gasteiger partial charge in [0.15, 0.2) is 0 Å². The van der Waals surface area contributed by atoms with Crippen molar-refractivity contribution in [3.63, 3.8) is 0 Å². The topological polar surface area (TPSA) is 130 Å². The highest BCUT2D eigenvalue weighted by molar-refractivity contribution is 5.97. The molecule has 2 rings (SSSR count). The highest BCUT2D eigenvalue weighted by atomic mass is 16.4. The third-order valence-corrected chi connectivity index (χ3v) is 4.34. The van der Waals surface area contributed by atoms with Crippen molar-refractivity contribution in [2.75, 3.05) is 0 Å². The molecule has 1 fully saturated rings. The van der Waals surface area contributed by atoms with E-state index in [4.69, 9.17) is 0 Å². The molecule has 7 nitrogen and oxygen atoms in total. The van der Waals surface area contributed by atoms with Crippen molar-refractivity contribution in [1.82, 2.24) is 5.32 Å². The number of hydrogen-bond acceptors (Lipinski definition) is 6. The van der Waals surface area contributed by atoms with Crippen LogP contribution >= 0.6 is 0 Å². The maximum atomic E-state index is 12.5. The molecule has 1 aromatic rings. The molecule has 0 saturated heterocycles. The van der Waals surface area contributed by atoms with Gasteiger partial charge in [-0.15, -0.1) is 0 Å². The van der Waals surface area contributed by atoms with Gasteiger partial charge in [-0.2, -0.15) is 0 Å². The number of aryl methyl sites for hydroxylation is 3. The second-order valence-electron chi connectivity index (χ2n) is 6.23. The standard InChI is InChI=1S/C16H23NO6/c1-6-4-7(2)9(8(3)5-6)16(23)17-10-11(18)13(20)15(22)14(21)12(10)19/h4-5,10-15,18-22H,1-3H3,(H,17,23)/t10?,11-,12-,13-,14+,15?/m0/s1. The SMILES string of the molecule is Cc1cc(C)c(C(=O)NC2[C@H](O)[C@H](O)C(O)[C@H](O)[C@H]2O)c(C)c1. The number of hydrogen-bond donors (Lipinski definition) is 6. The van der Waals surface area contributed by atoms with Gasteiger partial charge < -0.3 is 30.8 Å². The zero-order chi connectivity index (χ0) is 17.5. The summed E-state index contributed by atoms with van der Waals surface area (Å²) in [7, 11) is 0. The summed E-state index contributed by atoms with van der Waals surface area (Å²) in [6, 6.07) is 2.38. The molecule has 6 atom stereocenters. The summed E-state index contributed by atoms with van der Waals surface area (Å²) in [6.45, 7) is 5.45. The molecule has 1 amide bonds. The fraction of sp³-hybridized carbons (Fsp3) is 0.562. The lowest BCUT2D eigenvalue weighted by Gasteiger charge is -2.42. The summed E-state index contributed by atoms with van der Waals surface area (Å²) < 4.78 is 0. The Morgan fingerprint density at radius 1 is 0.826 bits per heavy atom. The Morgan fingerprint density at radius 3 is 1.65 bits per heavy atom. The molecule has 0 spiro atoms. The number of aliphatic hydroxyl groups is 5. The minimum atomic E-state index is -1.68. The molecule has 128 valence electrons. The summed E-state index contributed by atoms with van der Waals surface area (Å²) in [5, 5.41) is 51.4. The minimum absolute atomic E-state index is 0.408. The quantitative estimate of drug-likeness (QED) is 0.394. The monoisotopic (exact) mass is 325 g/mol. The van der Waals surface area contributed by atoms with Crippen LogP contribution in [0, 0.1) is 20.8 Å². The molecular formula is C16H23NO6. The van der Waals surface area contributed by atoms with Gasteiger partial charge in [-0.1, -0.05) is 17.7 Å². The molecule has 0 bridgehead atoms. The number of rotatable bonds is 2. The Morgan fingerprint density at radius 2 is 1.22 bits per heavy atom. The summed E-state index contributed by atoms with van der Waals surface area (Å²) in [6.07, 6.45) is -8.22. The van der Waals surface area contributed by atoms with E-state index in [1.54, 1.807) is 13.8 Å². The van der Waals surface area contributed by atoms with Crippen molar-refractivity contribution >= 4 is 5.91 Å². The first-order chi connectivity index (χ1) is 10.6. The van der Waals surface area contributed by atoms with E-state index in [-0.39, 0.29) is 0 Å². The van der Waals surface area contributed by atoms with Crippen LogP contribution in [-0.2, 0) is 0 Å². The molecule has 0 radical (unpaired) electrons. The van der Waals surface area contributed by atoms with E-state index >= 15 is 0 Å². The second kappa shape index (κ2) is 6.54. The molecule has 1 aromatic carbocycles. The Hall–Kier alpha value is -1.51. The first-order valence-corrected chi connectivity index (χ1v) is 7.44. The summed E-state index contributed by atoms with van der Waals surface area (Å²) in [5.74, 6) is -0.529.